The highest BCUT2D eigenvalue weighted by Gasteiger charge is 2.46. The number of nitrogens with zero attached hydrogens (tertiary/aromatic N) is 6. The van der Waals surface area contributed by atoms with Gasteiger partial charge in [-0.15, -0.1) is 0 Å². The monoisotopic (exact) mass is 754 g/mol. The number of amides is 2. The van der Waals surface area contributed by atoms with Gasteiger partial charge in [0.25, 0.3) is 5.91 Å². The largest absolute Gasteiger partial charge is 0.491 e. The fourth-order valence-corrected chi connectivity index (χ4v) is 8.43. The molecule has 54 heavy (non-hydrogen) atoms. The Morgan fingerprint density at radius 1 is 1.02 bits per heavy atom. The van der Waals surface area contributed by atoms with Crippen LogP contribution in [-0.2, 0) is 26.6 Å². The van der Waals surface area contributed by atoms with Crippen LogP contribution in [0.1, 0.15) is 41.6 Å². The maximum Gasteiger partial charge on any atom is 0.254 e. The number of carbonyl (C=O) groups excluding carboxylic acids is 2. The molecule has 282 valence electrons. The van der Waals surface area contributed by atoms with Crippen LogP contribution >= 0.6 is 11.3 Å². The molecule has 2 aliphatic heterocycles. The van der Waals surface area contributed by atoms with E-state index >= 15 is 0 Å². The summed E-state index contributed by atoms with van der Waals surface area (Å²) in [7, 11) is 0. The molecule has 3 fully saturated rings. The van der Waals surface area contributed by atoms with Crippen molar-refractivity contribution in [1.29, 1.82) is 0 Å². The first kappa shape index (κ1) is 36.0. The van der Waals surface area contributed by atoms with Gasteiger partial charge in [-0.25, -0.2) is 19.0 Å². The molecule has 0 spiro atoms. The van der Waals surface area contributed by atoms with E-state index in [1.165, 1.54) is 30.1 Å². The number of halogens is 1. The summed E-state index contributed by atoms with van der Waals surface area (Å²) < 4.78 is 35.8. The van der Waals surface area contributed by atoms with E-state index in [1.54, 1.807) is 22.9 Å². The Labute approximate surface area is 316 Å². The summed E-state index contributed by atoms with van der Waals surface area (Å²) in [6, 6.07) is 19.8. The second-order valence-electron chi connectivity index (χ2n) is 14.1. The van der Waals surface area contributed by atoms with Crippen molar-refractivity contribution in [3.63, 3.8) is 0 Å². The third kappa shape index (κ3) is 7.80. The molecule has 8 rings (SSSR count). The number of nitrogens with one attached hydrogen (secondary N) is 1. The predicted octanol–water partition coefficient (Wildman–Crippen LogP) is 5.04. The molecule has 3 aliphatic rings. The van der Waals surface area contributed by atoms with Crippen LogP contribution in [0.2, 0.25) is 0 Å². The minimum Gasteiger partial charge on any atom is -0.491 e. The van der Waals surface area contributed by atoms with Crippen molar-refractivity contribution in [1.82, 2.24) is 24.6 Å². The van der Waals surface area contributed by atoms with Gasteiger partial charge >= 0.3 is 0 Å². The number of nitrogens with two attached hydrogens (primary N) is 1. The maximum atomic E-state index is 14.9. The number of fused-ring (bicyclic) bond motifs is 1. The second-order valence-corrected chi connectivity index (χ2v) is 15.1. The molecule has 2 aromatic heterocycles. The van der Waals surface area contributed by atoms with Gasteiger partial charge in [0.05, 0.1) is 16.8 Å². The van der Waals surface area contributed by atoms with E-state index in [2.05, 4.69) is 25.3 Å². The van der Waals surface area contributed by atoms with Crippen molar-refractivity contribution >= 4 is 44.2 Å². The van der Waals surface area contributed by atoms with Gasteiger partial charge in [0.1, 0.15) is 43.5 Å². The molecule has 3 N–H and O–H groups in total. The lowest BCUT2D eigenvalue weighted by Gasteiger charge is -2.36. The van der Waals surface area contributed by atoms with E-state index in [-0.39, 0.29) is 37.5 Å². The minimum absolute atomic E-state index is 0.0112. The number of carbonyl (C=O) groups is 2. The molecule has 0 radical (unpaired) electrons. The molecule has 5 aromatic rings. The van der Waals surface area contributed by atoms with Crippen molar-refractivity contribution in [2.45, 2.75) is 44.1 Å². The number of thiazole rings is 1. The van der Waals surface area contributed by atoms with E-state index in [9.17, 15) is 14.0 Å². The number of benzene rings is 3. The summed E-state index contributed by atoms with van der Waals surface area (Å²) in [5.41, 5.74) is 8.51. The van der Waals surface area contributed by atoms with E-state index in [0.717, 1.165) is 41.6 Å². The summed E-state index contributed by atoms with van der Waals surface area (Å²) in [4.78, 5) is 39.1. The number of hydrogen-bond acceptors (Lipinski definition) is 11. The SMILES string of the molecule is NCC1CCC(C(=O)Nc2nc3ccc(C(=O)N4CCN(c5ccc(OC[C@@H]6CO[C@@](Cn7cncn7)(c7ccccc7F)O6)cc5)CC4)cc3s2)CC1. The first-order valence-electron chi connectivity index (χ1n) is 18.4. The molecular formula is C39H43FN8O5S. The fourth-order valence-electron chi connectivity index (χ4n) is 7.53. The van der Waals surface area contributed by atoms with Gasteiger partial charge in [0, 0.05) is 48.9 Å². The Bertz CT molecular complexity index is 2060. The van der Waals surface area contributed by atoms with Gasteiger partial charge in [-0.2, -0.15) is 5.10 Å². The zero-order valence-electron chi connectivity index (χ0n) is 29.8. The van der Waals surface area contributed by atoms with Crippen molar-refractivity contribution in [2.24, 2.45) is 17.6 Å². The van der Waals surface area contributed by atoms with Crippen LogP contribution in [0, 0.1) is 17.7 Å². The van der Waals surface area contributed by atoms with Crippen LogP contribution in [0.4, 0.5) is 15.2 Å². The fraction of sp³-hybridized carbons (Fsp3) is 0.410. The molecule has 4 heterocycles. The molecule has 2 saturated heterocycles. The van der Waals surface area contributed by atoms with Gasteiger partial charge in [0.2, 0.25) is 11.7 Å². The van der Waals surface area contributed by atoms with Crippen LogP contribution in [0.25, 0.3) is 10.2 Å². The summed E-state index contributed by atoms with van der Waals surface area (Å²) in [6.07, 6.45) is 6.19. The van der Waals surface area contributed by atoms with Crippen molar-refractivity contribution < 1.29 is 28.2 Å². The molecule has 1 aliphatic carbocycles. The van der Waals surface area contributed by atoms with Crippen LogP contribution in [0.5, 0.6) is 5.75 Å². The Morgan fingerprint density at radius 3 is 2.56 bits per heavy atom. The zero-order valence-corrected chi connectivity index (χ0v) is 30.6. The van der Waals surface area contributed by atoms with Crippen LogP contribution < -0.4 is 20.7 Å². The minimum atomic E-state index is -1.36. The summed E-state index contributed by atoms with van der Waals surface area (Å²) in [5.74, 6) is -0.616. The van der Waals surface area contributed by atoms with Crippen LogP contribution in [0.3, 0.4) is 0 Å². The second kappa shape index (κ2) is 15.8. The lowest BCUT2D eigenvalue weighted by molar-refractivity contribution is -0.192. The Balaban J connectivity index is 0.822. The molecular weight excluding hydrogens is 712 g/mol. The van der Waals surface area contributed by atoms with E-state index < -0.39 is 17.7 Å². The van der Waals surface area contributed by atoms with Gasteiger partial charge < -0.3 is 35.1 Å². The van der Waals surface area contributed by atoms with Gasteiger partial charge in [-0.05, 0) is 86.7 Å². The molecule has 1 saturated carbocycles. The van der Waals surface area contributed by atoms with E-state index in [4.69, 9.17) is 19.9 Å². The number of rotatable bonds is 11. The smallest absolute Gasteiger partial charge is 0.254 e. The maximum absolute atomic E-state index is 14.9. The molecule has 13 nitrogen and oxygen atoms in total. The summed E-state index contributed by atoms with van der Waals surface area (Å²) in [5, 5.41) is 7.73. The first-order chi connectivity index (χ1) is 26.4. The summed E-state index contributed by atoms with van der Waals surface area (Å²) >= 11 is 1.40. The third-order valence-electron chi connectivity index (χ3n) is 10.6. The van der Waals surface area contributed by atoms with Crippen molar-refractivity contribution in [3.05, 3.63) is 96.3 Å². The Morgan fingerprint density at radius 2 is 1.81 bits per heavy atom. The average Bonchev–Trinajstić information content (AvgIpc) is 3.98. The number of hydrogen-bond donors (Lipinski definition) is 2. The lowest BCUT2D eigenvalue weighted by atomic mass is 9.82. The quantitative estimate of drug-likeness (QED) is 0.188. The predicted molar refractivity (Wildman–Crippen MR) is 202 cm³/mol. The highest BCUT2D eigenvalue weighted by Crippen LogP contribution is 2.38. The molecule has 0 bridgehead atoms. The van der Waals surface area contributed by atoms with Gasteiger partial charge in [0.15, 0.2) is 5.13 Å². The molecule has 2 amide bonds. The lowest BCUT2D eigenvalue weighted by Crippen LogP contribution is -2.48. The van der Waals surface area contributed by atoms with E-state index in [0.29, 0.717) is 60.6 Å². The standard InChI is InChI=1S/C39H43FN8O5S/c40-33-4-2-1-3-32(33)39(23-48-25-42-24-43-48)52-22-31(53-39)21-51-30-12-10-29(11-13-30)46-15-17-47(18-16-46)37(50)28-9-14-34-35(19-28)54-38(44-34)45-36(49)27-7-5-26(20-41)6-8-27/h1-4,9-14,19,24-27,31H,5-8,15-18,20-23,41H2,(H,44,45,49)/t26?,27?,31-,39-/m1/s1. The highest BCUT2D eigenvalue weighted by atomic mass is 32.1. The van der Waals surface area contributed by atoms with Crippen LogP contribution in [0.15, 0.2) is 79.4 Å². The van der Waals surface area contributed by atoms with E-state index in [1.807, 2.05) is 47.4 Å². The normalized spacial score (nSPS) is 23.1. The number of anilines is 2. The van der Waals surface area contributed by atoms with Crippen LogP contribution in [-0.4, -0.2) is 88.5 Å². The molecule has 2 atom stereocenters. The zero-order chi connectivity index (χ0) is 37.1. The number of aromatic nitrogens is 4. The molecule has 0 unspecified atom stereocenters. The highest BCUT2D eigenvalue weighted by molar-refractivity contribution is 7.22. The molecule has 3 aromatic carbocycles. The van der Waals surface area contributed by atoms with Gasteiger partial charge in [-0.1, -0.05) is 29.5 Å². The van der Waals surface area contributed by atoms with Gasteiger partial charge in [-0.3, -0.25) is 9.59 Å². The molecule has 15 heteroatoms. The van der Waals surface area contributed by atoms with Crippen molar-refractivity contribution in [3.8, 4) is 5.75 Å². The Hall–Kier alpha value is -4.96. The number of piperazine rings is 1. The number of ether oxygens (including phenoxy) is 3. The first-order valence-corrected chi connectivity index (χ1v) is 19.3. The van der Waals surface area contributed by atoms with Crippen molar-refractivity contribution in [2.75, 3.05) is 56.2 Å². The third-order valence-corrected chi connectivity index (χ3v) is 11.5. The summed E-state index contributed by atoms with van der Waals surface area (Å²) in [6.45, 7) is 3.81. The topological polar surface area (TPSA) is 150 Å². The Kier molecular flexibility index (Phi) is 10.5. The average molecular weight is 755 g/mol.